The summed E-state index contributed by atoms with van der Waals surface area (Å²) in [4.78, 5) is 33.1. The van der Waals surface area contributed by atoms with Gasteiger partial charge in [0.05, 0.1) is 12.1 Å². The highest BCUT2D eigenvalue weighted by molar-refractivity contribution is 6.04. The quantitative estimate of drug-likeness (QED) is 0.648. The van der Waals surface area contributed by atoms with Crippen molar-refractivity contribution in [2.45, 2.75) is 77.1 Å². The molecule has 2 heterocycles. The minimum absolute atomic E-state index is 0.0448. The van der Waals surface area contributed by atoms with Crippen molar-refractivity contribution in [3.05, 3.63) is 59.9 Å². The van der Waals surface area contributed by atoms with Crippen LogP contribution in [0.25, 0.3) is 0 Å². The Hall–Kier alpha value is -2.77. The Bertz CT molecular complexity index is 962. The molecule has 7 heteroatoms. The zero-order chi connectivity index (χ0) is 24.4. The van der Waals surface area contributed by atoms with Crippen LogP contribution in [0.2, 0.25) is 0 Å². The third-order valence-electron chi connectivity index (χ3n) is 5.66. The summed E-state index contributed by atoms with van der Waals surface area (Å²) in [6.45, 7) is 12.5. The molecule has 2 amide bonds. The van der Waals surface area contributed by atoms with Gasteiger partial charge in [-0.05, 0) is 56.4 Å². The standard InChI is InChI=1S/C26H36N4O3/c1-25(2,3)18-9-11-19(12-10-18)30(24(33)21-14-20(31)16-28-21)22(17-8-7-13-27-15-17)23(32)29-26(4,5)6/h7-13,15,20-22,28,31H,14,16H2,1-6H3,(H,29,32)/t20-,21-,22?/m1/s1. The molecule has 1 fully saturated rings. The fraction of sp³-hybridized carbons (Fsp3) is 0.500. The van der Waals surface area contributed by atoms with Gasteiger partial charge in [0, 0.05) is 35.7 Å². The second-order valence-corrected chi connectivity index (χ2v) is 10.8. The highest BCUT2D eigenvalue weighted by Crippen LogP contribution is 2.32. The first-order chi connectivity index (χ1) is 15.4. The Morgan fingerprint density at radius 2 is 1.79 bits per heavy atom. The lowest BCUT2D eigenvalue weighted by Crippen LogP contribution is -2.52. The second-order valence-electron chi connectivity index (χ2n) is 10.8. The topological polar surface area (TPSA) is 94.6 Å². The smallest absolute Gasteiger partial charge is 0.248 e. The molecule has 0 spiro atoms. The van der Waals surface area contributed by atoms with Crippen LogP contribution in [0.1, 0.15) is 65.1 Å². The zero-order valence-corrected chi connectivity index (χ0v) is 20.4. The van der Waals surface area contributed by atoms with Gasteiger partial charge in [-0.3, -0.25) is 19.5 Å². The molecule has 1 aromatic carbocycles. The predicted octanol–water partition coefficient (Wildman–Crippen LogP) is 3.09. The highest BCUT2D eigenvalue weighted by atomic mass is 16.3. The number of benzene rings is 1. The van der Waals surface area contributed by atoms with E-state index in [0.717, 1.165) is 5.56 Å². The van der Waals surface area contributed by atoms with Gasteiger partial charge in [-0.15, -0.1) is 0 Å². The molecule has 1 unspecified atom stereocenters. The van der Waals surface area contributed by atoms with Crippen molar-refractivity contribution in [3.8, 4) is 0 Å². The summed E-state index contributed by atoms with van der Waals surface area (Å²) in [7, 11) is 0. The number of aliphatic hydroxyl groups excluding tert-OH is 1. The van der Waals surface area contributed by atoms with Crippen LogP contribution < -0.4 is 15.5 Å². The van der Waals surface area contributed by atoms with Gasteiger partial charge in [0.15, 0.2) is 0 Å². The van der Waals surface area contributed by atoms with E-state index in [1.807, 2.05) is 45.0 Å². The van der Waals surface area contributed by atoms with Crippen LogP contribution in [-0.2, 0) is 15.0 Å². The molecular weight excluding hydrogens is 416 g/mol. The Labute approximate surface area is 196 Å². The van der Waals surface area contributed by atoms with Crippen molar-refractivity contribution < 1.29 is 14.7 Å². The van der Waals surface area contributed by atoms with Gasteiger partial charge < -0.3 is 15.7 Å². The number of rotatable bonds is 5. The molecule has 0 saturated carbocycles. The van der Waals surface area contributed by atoms with E-state index < -0.39 is 23.7 Å². The van der Waals surface area contributed by atoms with E-state index in [2.05, 4.69) is 36.4 Å². The Morgan fingerprint density at radius 3 is 2.27 bits per heavy atom. The monoisotopic (exact) mass is 452 g/mol. The Morgan fingerprint density at radius 1 is 1.12 bits per heavy atom. The SMILES string of the molecule is CC(C)(C)NC(=O)C(c1cccnc1)N(C(=O)[C@H]1C[C@@H](O)CN1)c1ccc(C(C)(C)C)cc1. The summed E-state index contributed by atoms with van der Waals surface area (Å²) in [6.07, 6.45) is 2.97. The van der Waals surface area contributed by atoms with Crippen LogP contribution in [0.5, 0.6) is 0 Å². The average Bonchev–Trinajstić information content (AvgIpc) is 3.16. The first-order valence-corrected chi connectivity index (χ1v) is 11.4. The molecule has 0 aliphatic carbocycles. The number of carbonyl (C=O) groups excluding carboxylic acids is 2. The molecule has 1 aromatic heterocycles. The van der Waals surface area contributed by atoms with Crippen LogP contribution >= 0.6 is 0 Å². The van der Waals surface area contributed by atoms with Crippen molar-refractivity contribution >= 4 is 17.5 Å². The number of β-amino-alcohol motifs (C(OH)–C–C–N with tert-alkyl or cyclic N) is 1. The maximum Gasteiger partial charge on any atom is 0.248 e. The molecule has 3 rings (SSSR count). The summed E-state index contributed by atoms with van der Waals surface area (Å²) >= 11 is 0. The molecular formula is C26H36N4O3. The van der Waals surface area contributed by atoms with E-state index in [-0.39, 0.29) is 17.2 Å². The molecule has 3 N–H and O–H groups in total. The Kier molecular flexibility index (Phi) is 7.24. The number of carbonyl (C=O) groups is 2. The lowest BCUT2D eigenvalue weighted by molar-refractivity contribution is -0.128. The number of amides is 2. The molecule has 7 nitrogen and oxygen atoms in total. The fourth-order valence-electron chi connectivity index (χ4n) is 3.99. The molecule has 2 aromatic rings. The first-order valence-electron chi connectivity index (χ1n) is 11.4. The molecule has 33 heavy (non-hydrogen) atoms. The number of hydrogen-bond acceptors (Lipinski definition) is 5. The van der Waals surface area contributed by atoms with E-state index in [0.29, 0.717) is 24.2 Å². The lowest BCUT2D eigenvalue weighted by atomic mass is 9.87. The van der Waals surface area contributed by atoms with Crippen molar-refractivity contribution in [1.82, 2.24) is 15.6 Å². The lowest BCUT2D eigenvalue weighted by Gasteiger charge is -2.35. The van der Waals surface area contributed by atoms with Crippen LogP contribution in [0, 0.1) is 0 Å². The van der Waals surface area contributed by atoms with Gasteiger partial charge >= 0.3 is 0 Å². The minimum atomic E-state index is -0.912. The molecule has 1 saturated heterocycles. The first kappa shape index (κ1) is 24.9. The van der Waals surface area contributed by atoms with E-state index in [9.17, 15) is 14.7 Å². The maximum atomic E-state index is 13.8. The number of anilines is 1. The molecule has 3 atom stereocenters. The Balaban J connectivity index is 2.11. The summed E-state index contributed by atoms with van der Waals surface area (Å²) in [5, 5.41) is 16.1. The van der Waals surface area contributed by atoms with Crippen LogP contribution in [0.15, 0.2) is 48.8 Å². The van der Waals surface area contributed by atoms with E-state index >= 15 is 0 Å². The average molecular weight is 453 g/mol. The molecule has 178 valence electrons. The predicted molar refractivity (Wildman–Crippen MR) is 130 cm³/mol. The van der Waals surface area contributed by atoms with Crippen LogP contribution in [-0.4, -0.2) is 46.1 Å². The molecule has 1 aliphatic heterocycles. The van der Waals surface area contributed by atoms with E-state index in [1.54, 1.807) is 29.4 Å². The third kappa shape index (κ3) is 6.18. The van der Waals surface area contributed by atoms with Crippen LogP contribution in [0.3, 0.4) is 0 Å². The van der Waals surface area contributed by atoms with E-state index in [4.69, 9.17) is 0 Å². The van der Waals surface area contributed by atoms with Gasteiger partial charge in [0.1, 0.15) is 6.04 Å². The fourth-order valence-corrected chi connectivity index (χ4v) is 3.99. The number of aromatic nitrogens is 1. The van der Waals surface area contributed by atoms with Crippen LogP contribution in [0.4, 0.5) is 5.69 Å². The summed E-state index contributed by atoms with van der Waals surface area (Å²) in [6, 6.07) is 9.84. The summed E-state index contributed by atoms with van der Waals surface area (Å²) < 4.78 is 0. The van der Waals surface area contributed by atoms with Crippen molar-refractivity contribution in [2.24, 2.45) is 0 Å². The second kappa shape index (κ2) is 9.61. The summed E-state index contributed by atoms with van der Waals surface area (Å²) in [5.74, 6) is -0.546. The minimum Gasteiger partial charge on any atom is -0.392 e. The van der Waals surface area contributed by atoms with Crippen molar-refractivity contribution in [2.75, 3.05) is 11.4 Å². The van der Waals surface area contributed by atoms with Crippen molar-refractivity contribution in [1.29, 1.82) is 0 Å². The van der Waals surface area contributed by atoms with Gasteiger partial charge in [-0.1, -0.05) is 39.0 Å². The number of aliphatic hydroxyl groups is 1. The zero-order valence-electron chi connectivity index (χ0n) is 20.4. The highest BCUT2D eigenvalue weighted by Gasteiger charge is 2.39. The van der Waals surface area contributed by atoms with Gasteiger partial charge in [0.25, 0.3) is 0 Å². The number of nitrogens with one attached hydrogen (secondary N) is 2. The number of pyridine rings is 1. The van der Waals surface area contributed by atoms with Crippen molar-refractivity contribution in [3.63, 3.8) is 0 Å². The number of nitrogens with zero attached hydrogens (tertiary/aromatic N) is 2. The van der Waals surface area contributed by atoms with Gasteiger partial charge in [-0.2, -0.15) is 0 Å². The molecule has 1 aliphatic rings. The summed E-state index contributed by atoms with van der Waals surface area (Å²) in [5.41, 5.74) is 1.84. The van der Waals surface area contributed by atoms with Gasteiger partial charge in [0.2, 0.25) is 11.8 Å². The maximum absolute atomic E-state index is 13.8. The molecule has 0 bridgehead atoms. The normalized spacial score (nSPS) is 19.7. The van der Waals surface area contributed by atoms with E-state index in [1.165, 1.54) is 0 Å². The third-order valence-corrected chi connectivity index (χ3v) is 5.66. The molecule has 0 radical (unpaired) electrons. The number of hydrogen-bond donors (Lipinski definition) is 3. The van der Waals surface area contributed by atoms with Gasteiger partial charge in [-0.25, -0.2) is 0 Å². The largest absolute Gasteiger partial charge is 0.392 e.